The zero-order valence-corrected chi connectivity index (χ0v) is 11.7. The second kappa shape index (κ2) is 8.74. The van der Waals surface area contributed by atoms with E-state index >= 15 is 0 Å². The maximum Gasteiger partial charge on any atom is 0.315 e. The van der Waals surface area contributed by atoms with Crippen LogP contribution in [0.4, 0.5) is 4.79 Å². The number of carboxylic acid groups (broad SMARTS) is 1. The van der Waals surface area contributed by atoms with E-state index in [4.69, 9.17) is 5.11 Å². The molecule has 0 bridgehead atoms. The number of urea groups is 1. The fourth-order valence-electron chi connectivity index (χ4n) is 1.43. The minimum absolute atomic E-state index is 0.0671. The topological polar surface area (TPSA) is 81.7 Å². The average Bonchev–Trinajstić information content (AvgIpc) is 2.23. The van der Waals surface area contributed by atoms with Crippen molar-refractivity contribution in [3.05, 3.63) is 0 Å². The van der Waals surface area contributed by atoms with Gasteiger partial charge in [0.15, 0.2) is 0 Å². The molecule has 0 aromatic rings. The van der Waals surface area contributed by atoms with E-state index in [2.05, 4.69) is 15.5 Å². The second-order valence-corrected chi connectivity index (χ2v) is 4.94. The number of rotatable bonds is 8. The van der Waals surface area contributed by atoms with Gasteiger partial charge in [-0.25, -0.2) is 4.79 Å². The van der Waals surface area contributed by atoms with Crippen LogP contribution in [0.15, 0.2) is 0 Å². The maximum absolute atomic E-state index is 11.6. The summed E-state index contributed by atoms with van der Waals surface area (Å²) < 4.78 is 0. The van der Waals surface area contributed by atoms with Gasteiger partial charge in [0.2, 0.25) is 0 Å². The van der Waals surface area contributed by atoms with Crippen molar-refractivity contribution in [1.82, 2.24) is 15.5 Å². The first-order valence-corrected chi connectivity index (χ1v) is 6.24. The first-order chi connectivity index (χ1) is 8.31. The van der Waals surface area contributed by atoms with Crippen molar-refractivity contribution < 1.29 is 14.7 Å². The van der Waals surface area contributed by atoms with E-state index in [1.807, 2.05) is 21.0 Å². The summed E-state index contributed by atoms with van der Waals surface area (Å²) in [6.07, 6.45) is 1.39. The number of nitrogens with one attached hydrogen (secondary N) is 2. The molecule has 0 spiro atoms. The molecule has 2 unspecified atom stereocenters. The van der Waals surface area contributed by atoms with Crippen LogP contribution in [0.25, 0.3) is 0 Å². The number of carbonyl (C=O) groups excluding carboxylic acids is 1. The molecule has 2 amide bonds. The molecule has 0 fully saturated rings. The highest BCUT2D eigenvalue weighted by atomic mass is 16.4. The molecule has 0 aromatic carbocycles. The lowest BCUT2D eigenvalue weighted by Gasteiger charge is -2.19. The van der Waals surface area contributed by atoms with Gasteiger partial charge in [0.05, 0.1) is 0 Å². The van der Waals surface area contributed by atoms with Crippen LogP contribution in [0.3, 0.4) is 0 Å². The molecular formula is C12H25N3O3. The molecule has 0 saturated heterocycles. The molecule has 0 saturated carbocycles. The van der Waals surface area contributed by atoms with Crippen molar-refractivity contribution >= 4 is 12.0 Å². The van der Waals surface area contributed by atoms with Gasteiger partial charge in [-0.1, -0.05) is 0 Å². The van der Waals surface area contributed by atoms with Crippen LogP contribution >= 0.6 is 0 Å². The monoisotopic (exact) mass is 259 g/mol. The Morgan fingerprint density at radius 1 is 1.11 bits per heavy atom. The Kier molecular flexibility index (Phi) is 8.11. The summed E-state index contributed by atoms with van der Waals surface area (Å²) in [4.78, 5) is 24.0. The van der Waals surface area contributed by atoms with Crippen LogP contribution in [0.1, 0.15) is 33.1 Å². The number of nitrogens with zero attached hydrogens (tertiary/aromatic N) is 1. The zero-order valence-electron chi connectivity index (χ0n) is 11.7. The van der Waals surface area contributed by atoms with Gasteiger partial charge in [-0.3, -0.25) is 4.79 Å². The molecule has 6 nitrogen and oxygen atoms in total. The van der Waals surface area contributed by atoms with Crippen molar-refractivity contribution in [1.29, 1.82) is 0 Å². The number of hydrogen-bond acceptors (Lipinski definition) is 3. The van der Waals surface area contributed by atoms with Gasteiger partial charge >= 0.3 is 12.0 Å². The molecule has 3 N–H and O–H groups in total. The van der Waals surface area contributed by atoms with Gasteiger partial charge in [-0.2, -0.15) is 0 Å². The van der Waals surface area contributed by atoms with Crippen LogP contribution in [0, 0.1) is 0 Å². The Labute approximate surface area is 109 Å². The zero-order chi connectivity index (χ0) is 14.1. The fraction of sp³-hybridized carbons (Fsp3) is 0.833. The molecule has 0 rings (SSSR count). The highest BCUT2D eigenvalue weighted by Gasteiger charge is 2.11. The average molecular weight is 259 g/mol. The Morgan fingerprint density at radius 2 is 1.61 bits per heavy atom. The summed E-state index contributed by atoms with van der Waals surface area (Å²) in [7, 11) is 3.97. The quantitative estimate of drug-likeness (QED) is 0.604. The number of carbonyl (C=O) groups is 2. The molecule has 0 aliphatic heterocycles. The van der Waals surface area contributed by atoms with Gasteiger partial charge in [0, 0.05) is 18.5 Å². The van der Waals surface area contributed by atoms with Crippen LogP contribution in [0.2, 0.25) is 0 Å². The number of amides is 2. The molecule has 18 heavy (non-hydrogen) atoms. The standard InChI is InChI=1S/C12H25N3O3/c1-9(5-6-11(16)17)13-12(18)14-10(2)7-8-15(3)4/h9-10H,5-8H2,1-4H3,(H,16,17)(H2,13,14,18). The second-order valence-electron chi connectivity index (χ2n) is 4.94. The largest absolute Gasteiger partial charge is 0.481 e. The third-order valence-corrected chi connectivity index (χ3v) is 2.56. The van der Waals surface area contributed by atoms with E-state index < -0.39 is 5.97 Å². The molecule has 0 heterocycles. The third-order valence-electron chi connectivity index (χ3n) is 2.56. The summed E-state index contributed by atoms with van der Waals surface area (Å²) in [5.41, 5.74) is 0. The van der Waals surface area contributed by atoms with Gasteiger partial charge in [0.25, 0.3) is 0 Å². The minimum atomic E-state index is -0.844. The third kappa shape index (κ3) is 9.89. The molecule has 2 atom stereocenters. The molecule has 106 valence electrons. The van der Waals surface area contributed by atoms with E-state index in [1.54, 1.807) is 6.92 Å². The lowest BCUT2D eigenvalue weighted by atomic mass is 10.2. The molecule has 0 aliphatic carbocycles. The number of hydrogen-bond donors (Lipinski definition) is 3. The predicted octanol–water partition coefficient (Wildman–Crippen LogP) is 0.879. The summed E-state index contributed by atoms with van der Waals surface area (Å²) in [5, 5.41) is 14.1. The normalized spacial score (nSPS) is 14.1. The van der Waals surface area contributed by atoms with E-state index in [0.29, 0.717) is 6.42 Å². The van der Waals surface area contributed by atoms with Crippen molar-refractivity contribution in [3.63, 3.8) is 0 Å². The van der Waals surface area contributed by atoms with Crippen molar-refractivity contribution in [2.45, 2.75) is 45.2 Å². The van der Waals surface area contributed by atoms with E-state index in [0.717, 1.165) is 13.0 Å². The van der Waals surface area contributed by atoms with Gasteiger partial charge in [-0.15, -0.1) is 0 Å². The first-order valence-electron chi connectivity index (χ1n) is 6.24. The highest BCUT2D eigenvalue weighted by Crippen LogP contribution is 1.97. The number of carboxylic acids is 1. The maximum atomic E-state index is 11.6. The summed E-state index contributed by atoms with van der Waals surface area (Å²) in [6.45, 7) is 4.66. The Balaban J connectivity index is 3.78. The van der Waals surface area contributed by atoms with Crippen molar-refractivity contribution in [2.24, 2.45) is 0 Å². The molecule has 0 aliphatic rings. The summed E-state index contributed by atoms with van der Waals surface area (Å²) >= 11 is 0. The molecular weight excluding hydrogens is 234 g/mol. The van der Waals surface area contributed by atoms with E-state index in [1.165, 1.54) is 0 Å². The van der Waals surface area contributed by atoms with Crippen molar-refractivity contribution in [2.75, 3.05) is 20.6 Å². The summed E-state index contributed by atoms with van der Waals surface area (Å²) in [6, 6.07) is -0.277. The minimum Gasteiger partial charge on any atom is -0.481 e. The fourth-order valence-corrected chi connectivity index (χ4v) is 1.43. The Hall–Kier alpha value is -1.30. The van der Waals surface area contributed by atoms with E-state index in [9.17, 15) is 9.59 Å². The lowest BCUT2D eigenvalue weighted by molar-refractivity contribution is -0.137. The predicted molar refractivity (Wildman–Crippen MR) is 70.6 cm³/mol. The van der Waals surface area contributed by atoms with Crippen LogP contribution in [0.5, 0.6) is 0 Å². The smallest absolute Gasteiger partial charge is 0.315 e. The van der Waals surface area contributed by atoms with Gasteiger partial charge < -0.3 is 20.6 Å². The van der Waals surface area contributed by atoms with Crippen LogP contribution in [-0.2, 0) is 4.79 Å². The van der Waals surface area contributed by atoms with Gasteiger partial charge in [0.1, 0.15) is 0 Å². The number of aliphatic carboxylic acids is 1. The van der Waals surface area contributed by atoms with Crippen molar-refractivity contribution in [3.8, 4) is 0 Å². The summed E-state index contributed by atoms with van der Waals surface area (Å²) in [5.74, 6) is -0.844. The van der Waals surface area contributed by atoms with Gasteiger partial charge in [-0.05, 0) is 47.3 Å². The Morgan fingerprint density at radius 3 is 2.06 bits per heavy atom. The lowest BCUT2D eigenvalue weighted by Crippen LogP contribution is -2.45. The molecule has 6 heteroatoms. The SMILES string of the molecule is CC(CCC(=O)O)NC(=O)NC(C)CCN(C)C. The highest BCUT2D eigenvalue weighted by molar-refractivity contribution is 5.74. The van der Waals surface area contributed by atoms with E-state index in [-0.39, 0.29) is 24.5 Å². The van der Waals surface area contributed by atoms with Crippen LogP contribution < -0.4 is 10.6 Å². The Bertz CT molecular complexity index is 269. The molecule has 0 aromatic heterocycles. The first kappa shape index (κ1) is 16.7. The van der Waals surface area contributed by atoms with Crippen LogP contribution in [-0.4, -0.2) is 54.7 Å². The molecule has 0 radical (unpaired) electrons.